The molecule has 1 saturated carbocycles. The third-order valence-corrected chi connectivity index (χ3v) is 2.54. The minimum atomic E-state index is 0.512. The van der Waals surface area contributed by atoms with Gasteiger partial charge in [-0.25, -0.2) is 0 Å². The summed E-state index contributed by atoms with van der Waals surface area (Å²) in [7, 11) is 0. The predicted octanol–water partition coefficient (Wildman–Crippen LogP) is 0.705. The molecule has 0 aromatic carbocycles. The van der Waals surface area contributed by atoms with Gasteiger partial charge in [0.2, 0.25) is 0 Å². The second-order valence-corrected chi connectivity index (χ2v) is 3.21. The van der Waals surface area contributed by atoms with Crippen molar-refractivity contribution in [1.29, 1.82) is 0 Å². The van der Waals surface area contributed by atoms with Gasteiger partial charge in [-0.05, 0) is 19.3 Å². The highest BCUT2D eigenvalue weighted by molar-refractivity contribution is 5.05. The Morgan fingerprint density at radius 2 is 1.44 bits per heavy atom. The summed E-state index contributed by atoms with van der Waals surface area (Å²) in [6, 6.07) is 0. The molecule has 2 heteroatoms. The molecular weight excluding hydrogens is 116 g/mol. The minimum Gasteiger partial charge on any atom is -0.367 e. The summed E-state index contributed by atoms with van der Waals surface area (Å²) in [6.45, 7) is 0. The van der Waals surface area contributed by atoms with Crippen LogP contribution < -0.4 is 0 Å². The van der Waals surface area contributed by atoms with Crippen LogP contribution in [-0.2, 0) is 9.47 Å². The highest BCUT2D eigenvalue weighted by Crippen LogP contribution is 2.45. The van der Waals surface area contributed by atoms with Crippen LogP contribution in [0.5, 0.6) is 0 Å². The van der Waals surface area contributed by atoms with Crippen molar-refractivity contribution in [3.8, 4) is 0 Å². The smallest absolute Gasteiger partial charge is 0.113 e. The Hall–Kier alpha value is -0.0800. The first kappa shape index (κ1) is 4.69. The molecule has 4 unspecified atom stereocenters. The van der Waals surface area contributed by atoms with Crippen LogP contribution in [0.1, 0.15) is 19.3 Å². The van der Waals surface area contributed by atoms with Crippen LogP contribution in [0, 0.1) is 0 Å². The van der Waals surface area contributed by atoms with Crippen molar-refractivity contribution in [2.45, 2.75) is 43.7 Å². The lowest BCUT2D eigenvalue weighted by atomic mass is 10.2. The molecule has 3 fully saturated rings. The number of rotatable bonds is 0. The fraction of sp³-hybridized carbons (Fsp3) is 1.00. The van der Waals surface area contributed by atoms with Crippen molar-refractivity contribution in [3.05, 3.63) is 0 Å². The van der Waals surface area contributed by atoms with E-state index < -0.39 is 0 Å². The van der Waals surface area contributed by atoms with Gasteiger partial charge in [-0.2, -0.15) is 0 Å². The van der Waals surface area contributed by atoms with E-state index in [1.807, 2.05) is 0 Å². The van der Waals surface area contributed by atoms with Gasteiger partial charge >= 0.3 is 0 Å². The van der Waals surface area contributed by atoms with E-state index in [-0.39, 0.29) is 0 Å². The van der Waals surface area contributed by atoms with Crippen LogP contribution in [0.3, 0.4) is 0 Å². The van der Waals surface area contributed by atoms with Crippen LogP contribution in [-0.4, -0.2) is 24.4 Å². The molecule has 2 heterocycles. The Morgan fingerprint density at radius 3 is 2.00 bits per heavy atom. The topological polar surface area (TPSA) is 25.1 Å². The van der Waals surface area contributed by atoms with Crippen molar-refractivity contribution in [2.75, 3.05) is 0 Å². The highest BCUT2D eigenvalue weighted by Gasteiger charge is 2.58. The third kappa shape index (κ3) is 0.578. The number of fused-ring (bicyclic) bond motifs is 3. The molecule has 0 aromatic rings. The lowest BCUT2D eigenvalue weighted by Gasteiger charge is -1.89. The van der Waals surface area contributed by atoms with Crippen molar-refractivity contribution in [1.82, 2.24) is 0 Å². The lowest BCUT2D eigenvalue weighted by molar-refractivity contribution is 0.311. The van der Waals surface area contributed by atoms with Gasteiger partial charge in [-0.3, -0.25) is 0 Å². The monoisotopic (exact) mass is 126 g/mol. The molecule has 0 radical (unpaired) electrons. The molecule has 0 aromatic heterocycles. The van der Waals surface area contributed by atoms with Gasteiger partial charge in [0.15, 0.2) is 0 Å². The summed E-state index contributed by atoms with van der Waals surface area (Å²) in [6.07, 6.45) is 6.06. The molecule has 0 spiro atoms. The summed E-state index contributed by atoms with van der Waals surface area (Å²) in [4.78, 5) is 0. The van der Waals surface area contributed by atoms with Crippen LogP contribution in [0.2, 0.25) is 0 Å². The Labute approximate surface area is 54.1 Å². The van der Waals surface area contributed by atoms with Gasteiger partial charge in [-0.1, -0.05) is 0 Å². The summed E-state index contributed by atoms with van der Waals surface area (Å²) < 4.78 is 10.8. The number of hydrogen-bond donors (Lipinski definition) is 0. The standard InChI is InChI=1S/C7H10O2/c1-2-4-6(8-4)7-5(3-1)9-7/h4-7H,1-3H2. The molecule has 9 heavy (non-hydrogen) atoms. The van der Waals surface area contributed by atoms with Gasteiger partial charge in [0, 0.05) is 0 Å². The number of ether oxygens (including phenoxy) is 2. The van der Waals surface area contributed by atoms with E-state index >= 15 is 0 Å². The van der Waals surface area contributed by atoms with E-state index in [1.165, 1.54) is 19.3 Å². The molecule has 3 aliphatic rings. The molecule has 4 atom stereocenters. The van der Waals surface area contributed by atoms with E-state index in [1.54, 1.807) is 0 Å². The Balaban J connectivity index is 1.81. The fourth-order valence-electron chi connectivity index (χ4n) is 1.88. The summed E-state index contributed by atoms with van der Waals surface area (Å²) in [5, 5.41) is 0. The van der Waals surface area contributed by atoms with Gasteiger partial charge in [-0.15, -0.1) is 0 Å². The second kappa shape index (κ2) is 1.32. The first-order valence-corrected chi connectivity index (χ1v) is 3.76. The minimum absolute atomic E-state index is 0.512. The van der Waals surface area contributed by atoms with Crippen molar-refractivity contribution in [2.24, 2.45) is 0 Å². The zero-order chi connectivity index (χ0) is 5.84. The predicted molar refractivity (Wildman–Crippen MR) is 31.2 cm³/mol. The van der Waals surface area contributed by atoms with E-state index in [0.29, 0.717) is 24.4 Å². The molecule has 0 bridgehead atoms. The summed E-state index contributed by atoms with van der Waals surface area (Å²) in [5.41, 5.74) is 0. The summed E-state index contributed by atoms with van der Waals surface area (Å²) >= 11 is 0. The molecule has 3 rings (SSSR count). The lowest BCUT2D eigenvalue weighted by Crippen LogP contribution is -2.01. The van der Waals surface area contributed by atoms with E-state index in [9.17, 15) is 0 Å². The van der Waals surface area contributed by atoms with Gasteiger partial charge in [0.25, 0.3) is 0 Å². The van der Waals surface area contributed by atoms with Crippen LogP contribution in [0.4, 0.5) is 0 Å². The fourth-order valence-corrected chi connectivity index (χ4v) is 1.88. The van der Waals surface area contributed by atoms with Crippen molar-refractivity contribution < 1.29 is 9.47 Å². The number of hydrogen-bond acceptors (Lipinski definition) is 2. The highest BCUT2D eigenvalue weighted by atomic mass is 16.7. The molecule has 1 aliphatic carbocycles. The van der Waals surface area contributed by atoms with E-state index in [2.05, 4.69) is 0 Å². The average Bonchev–Trinajstić information content (AvgIpc) is 2.48. The van der Waals surface area contributed by atoms with E-state index in [4.69, 9.17) is 9.47 Å². The zero-order valence-corrected chi connectivity index (χ0v) is 5.25. The molecule has 2 saturated heterocycles. The van der Waals surface area contributed by atoms with Gasteiger partial charge < -0.3 is 9.47 Å². The van der Waals surface area contributed by atoms with Gasteiger partial charge in [0.05, 0.1) is 12.2 Å². The quantitative estimate of drug-likeness (QED) is 0.446. The van der Waals surface area contributed by atoms with Crippen molar-refractivity contribution >= 4 is 0 Å². The Morgan fingerprint density at radius 1 is 0.889 bits per heavy atom. The largest absolute Gasteiger partial charge is 0.367 e. The molecular formula is C7H10O2. The second-order valence-electron chi connectivity index (χ2n) is 3.21. The van der Waals surface area contributed by atoms with Crippen molar-refractivity contribution in [3.63, 3.8) is 0 Å². The maximum atomic E-state index is 5.39. The Bertz CT molecular complexity index is 130. The first-order chi connectivity index (χ1) is 4.45. The maximum Gasteiger partial charge on any atom is 0.113 e. The first-order valence-electron chi connectivity index (χ1n) is 3.76. The SMILES string of the molecule is C1CC2OC2C2OC2C1. The molecule has 0 amide bonds. The average molecular weight is 126 g/mol. The van der Waals surface area contributed by atoms with Crippen LogP contribution >= 0.6 is 0 Å². The van der Waals surface area contributed by atoms with Crippen LogP contribution in [0.15, 0.2) is 0 Å². The van der Waals surface area contributed by atoms with Crippen LogP contribution in [0.25, 0.3) is 0 Å². The normalized spacial score (nSPS) is 61.3. The van der Waals surface area contributed by atoms with E-state index in [0.717, 1.165) is 0 Å². The zero-order valence-electron chi connectivity index (χ0n) is 5.25. The summed E-state index contributed by atoms with van der Waals surface area (Å²) in [5.74, 6) is 0. The third-order valence-electron chi connectivity index (χ3n) is 2.54. The maximum absolute atomic E-state index is 5.39. The Kier molecular flexibility index (Phi) is 0.691. The molecule has 2 nitrogen and oxygen atoms in total. The molecule has 0 N–H and O–H groups in total. The molecule has 2 aliphatic heterocycles. The molecule has 50 valence electrons. The number of epoxide rings is 2. The van der Waals surface area contributed by atoms with Gasteiger partial charge in [0.1, 0.15) is 12.2 Å².